The Labute approximate surface area is 142 Å². The molecule has 1 amide bonds. The smallest absolute Gasteiger partial charge is 0.254 e. The van der Waals surface area contributed by atoms with Crippen LogP contribution in [0.15, 0.2) is 40.9 Å². The number of carbonyl (C=O) groups excluding carboxylic acids is 1. The van der Waals surface area contributed by atoms with Crippen LogP contribution < -0.4 is 0 Å². The van der Waals surface area contributed by atoms with Crippen molar-refractivity contribution in [3.63, 3.8) is 0 Å². The van der Waals surface area contributed by atoms with E-state index in [1.54, 1.807) is 0 Å². The number of alkyl halides is 1. The van der Waals surface area contributed by atoms with E-state index in [0.29, 0.717) is 0 Å². The average Bonchev–Trinajstić information content (AvgIpc) is 2.46. The van der Waals surface area contributed by atoms with Crippen LogP contribution in [0.2, 0.25) is 0 Å². The van der Waals surface area contributed by atoms with Crippen molar-refractivity contribution in [2.24, 2.45) is 0 Å². The minimum absolute atomic E-state index is 0.107. The minimum Gasteiger partial charge on any atom is -0.336 e. The van der Waals surface area contributed by atoms with Gasteiger partial charge in [0.1, 0.15) is 0 Å². The topological polar surface area (TPSA) is 20.3 Å². The Morgan fingerprint density at radius 1 is 1.14 bits per heavy atom. The molecule has 4 heteroatoms. The molecule has 0 saturated heterocycles. The number of halogens is 2. The monoisotopic (exact) mass is 411 g/mol. The van der Waals surface area contributed by atoms with Crippen LogP contribution >= 0.6 is 31.9 Å². The van der Waals surface area contributed by atoms with E-state index in [1.807, 2.05) is 35.2 Å². The normalized spacial score (nSPS) is 11.1. The zero-order valence-electron chi connectivity index (χ0n) is 12.3. The first-order valence-corrected chi connectivity index (χ1v) is 9.00. The Bertz CT molecular complexity index is 640. The van der Waals surface area contributed by atoms with Crippen molar-refractivity contribution < 1.29 is 4.79 Å². The molecule has 0 spiro atoms. The maximum Gasteiger partial charge on any atom is 0.254 e. The Morgan fingerprint density at radius 2 is 1.81 bits per heavy atom. The van der Waals surface area contributed by atoms with Gasteiger partial charge in [-0.05, 0) is 55.3 Å². The van der Waals surface area contributed by atoms with Crippen LogP contribution in [0.25, 0.3) is 10.8 Å². The summed E-state index contributed by atoms with van der Waals surface area (Å²) >= 11 is 6.90. The van der Waals surface area contributed by atoms with E-state index in [9.17, 15) is 4.79 Å². The van der Waals surface area contributed by atoms with Crippen molar-refractivity contribution in [2.45, 2.75) is 26.3 Å². The van der Waals surface area contributed by atoms with Gasteiger partial charge < -0.3 is 4.90 Å². The maximum absolute atomic E-state index is 12.7. The van der Waals surface area contributed by atoms with Crippen molar-refractivity contribution >= 4 is 48.5 Å². The summed E-state index contributed by atoms with van der Waals surface area (Å²) in [6, 6.07) is 12.2. The molecule has 0 fully saturated rings. The molecule has 0 aliphatic rings. The predicted molar refractivity (Wildman–Crippen MR) is 96.2 cm³/mol. The molecule has 21 heavy (non-hydrogen) atoms. The van der Waals surface area contributed by atoms with Crippen LogP contribution in [-0.2, 0) is 0 Å². The summed E-state index contributed by atoms with van der Waals surface area (Å²) in [5, 5.41) is 3.14. The molecule has 0 heterocycles. The van der Waals surface area contributed by atoms with Crippen LogP contribution in [0.5, 0.6) is 0 Å². The average molecular weight is 413 g/mol. The fourth-order valence-corrected chi connectivity index (χ4v) is 2.97. The van der Waals surface area contributed by atoms with Gasteiger partial charge in [0, 0.05) is 28.0 Å². The van der Waals surface area contributed by atoms with E-state index in [-0.39, 0.29) is 11.9 Å². The van der Waals surface area contributed by atoms with Crippen LogP contribution in [0, 0.1) is 0 Å². The summed E-state index contributed by atoms with van der Waals surface area (Å²) in [7, 11) is 0. The zero-order valence-corrected chi connectivity index (χ0v) is 15.4. The first kappa shape index (κ1) is 16.5. The van der Waals surface area contributed by atoms with Crippen LogP contribution in [0.1, 0.15) is 30.6 Å². The molecule has 0 aliphatic carbocycles. The Kier molecular flexibility index (Phi) is 5.82. The van der Waals surface area contributed by atoms with Gasteiger partial charge in [-0.2, -0.15) is 0 Å². The Balaban J connectivity index is 2.31. The second kappa shape index (κ2) is 7.41. The molecule has 2 nitrogen and oxygen atoms in total. The standard InChI is InChI=1S/C17H19Br2NO/c1-12(2)20(9-3-8-18)17(21)15-5-4-14-11-16(19)7-6-13(14)10-15/h4-7,10-12H,3,8-9H2,1-2H3. The highest BCUT2D eigenvalue weighted by Gasteiger charge is 2.18. The molecule has 2 aromatic carbocycles. The van der Waals surface area contributed by atoms with Crippen molar-refractivity contribution in [2.75, 3.05) is 11.9 Å². The lowest BCUT2D eigenvalue weighted by Crippen LogP contribution is -2.37. The third kappa shape index (κ3) is 4.07. The number of rotatable bonds is 5. The predicted octanol–water partition coefficient (Wildman–Crippen LogP) is 5.24. The van der Waals surface area contributed by atoms with E-state index in [0.717, 1.165) is 39.1 Å². The summed E-state index contributed by atoms with van der Waals surface area (Å²) in [4.78, 5) is 14.6. The van der Waals surface area contributed by atoms with Gasteiger partial charge in [0.25, 0.3) is 5.91 Å². The molecular weight excluding hydrogens is 394 g/mol. The van der Waals surface area contributed by atoms with Crippen molar-refractivity contribution in [1.29, 1.82) is 0 Å². The number of nitrogens with zero attached hydrogens (tertiary/aromatic N) is 1. The summed E-state index contributed by atoms with van der Waals surface area (Å²) in [6.07, 6.45) is 0.963. The first-order chi connectivity index (χ1) is 10.0. The highest BCUT2D eigenvalue weighted by atomic mass is 79.9. The second-order valence-electron chi connectivity index (χ2n) is 5.34. The highest BCUT2D eigenvalue weighted by Crippen LogP contribution is 2.22. The summed E-state index contributed by atoms with van der Waals surface area (Å²) in [5.74, 6) is 0.107. The minimum atomic E-state index is 0.107. The van der Waals surface area contributed by atoms with Gasteiger partial charge in [0.05, 0.1) is 0 Å². The molecule has 0 unspecified atom stereocenters. The summed E-state index contributed by atoms with van der Waals surface area (Å²) in [5.41, 5.74) is 0.757. The number of hydrogen-bond donors (Lipinski definition) is 0. The lowest BCUT2D eigenvalue weighted by Gasteiger charge is -2.26. The van der Waals surface area contributed by atoms with E-state index in [1.165, 1.54) is 0 Å². The third-order valence-electron chi connectivity index (χ3n) is 3.47. The molecule has 0 atom stereocenters. The van der Waals surface area contributed by atoms with Crippen molar-refractivity contribution in [1.82, 2.24) is 4.90 Å². The van der Waals surface area contributed by atoms with Crippen LogP contribution in [0.3, 0.4) is 0 Å². The van der Waals surface area contributed by atoms with Gasteiger partial charge in [0.15, 0.2) is 0 Å². The maximum atomic E-state index is 12.7. The lowest BCUT2D eigenvalue weighted by molar-refractivity contribution is 0.0707. The van der Waals surface area contributed by atoms with Gasteiger partial charge in [-0.15, -0.1) is 0 Å². The van der Waals surface area contributed by atoms with Gasteiger partial charge in [0.2, 0.25) is 0 Å². The zero-order chi connectivity index (χ0) is 15.4. The highest BCUT2D eigenvalue weighted by molar-refractivity contribution is 9.10. The number of benzene rings is 2. The van der Waals surface area contributed by atoms with Crippen LogP contribution in [-0.4, -0.2) is 28.7 Å². The fraction of sp³-hybridized carbons (Fsp3) is 0.353. The molecule has 112 valence electrons. The van der Waals surface area contributed by atoms with Crippen LogP contribution in [0.4, 0.5) is 0 Å². The van der Waals surface area contributed by atoms with Gasteiger partial charge in [-0.25, -0.2) is 0 Å². The van der Waals surface area contributed by atoms with E-state index >= 15 is 0 Å². The Morgan fingerprint density at radius 3 is 2.48 bits per heavy atom. The molecular formula is C17H19Br2NO. The SMILES string of the molecule is CC(C)N(CCCBr)C(=O)c1ccc2cc(Br)ccc2c1. The number of fused-ring (bicyclic) bond motifs is 1. The molecule has 0 N–H and O–H groups in total. The van der Waals surface area contributed by atoms with E-state index in [2.05, 4.69) is 51.8 Å². The molecule has 2 rings (SSSR count). The second-order valence-corrected chi connectivity index (χ2v) is 7.05. The van der Waals surface area contributed by atoms with E-state index in [4.69, 9.17) is 0 Å². The third-order valence-corrected chi connectivity index (χ3v) is 4.52. The summed E-state index contributed by atoms with van der Waals surface area (Å²) < 4.78 is 1.05. The number of hydrogen-bond acceptors (Lipinski definition) is 1. The van der Waals surface area contributed by atoms with Gasteiger partial charge >= 0.3 is 0 Å². The number of carbonyl (C=O) groups is 1. The number of amides is 1. The molecule has 0 radical (unpaired) electrons. The molecule has 0 aromatic heterocycles. The largest absolute Gasteiger partial charge is 0.336 e. The first-order valence-electron chi connectivity index (χ1n) is 7.09. The van der Waals surface area contributed by atoms with Gasteiger partial charge in [-0.1, -0.05) is 44.0 Å². The summed E-state index contributed by atoms with van der Waals surface area (Å²) in [6.45, 7) is 4.90. The fourth-order valence-electron chi connectivity index (χ4n) is 2.34. The molecule has 0 aliphatic heterocycles. The van der Waals surface area contributed by atoms with Gasteiger partial charge in [-0.3, -0.25) is 4.79 Å². The molecule has 0 bridgehead atoms. The lowest BCUT2D eigenvalue weighted by atomic mass is 10.1. The Hall–Kier alpha value is -0.870. The quantitative estimate of drug-likeness (QED) is 0.615. The van der Waals surface area contributed by atoms with Crippen molar-refractivity contribution in [3.05, 3.63) is 46.4 Å². The van der Waals surface area contributed by atoms with Crippen molar-refractivity contribution in [3.8, 4) is 0 Å². The molecule has 2 aromatic rings. The molecule has 0 saturated carbocycles. The van der Waals surface area contributed by atoms with E-state index < -0.39 is 0 Å².